The number of carbonyl (C=O) groups excluding carboxylic acids is 2. The van der Waals surface area contributed by atoms with Gasteiger partial charge in [-0.2, -0.15) is 0 Å². The van der Waals surface area contributed by atoms with Gasteiger partial charge in [0, 0.05) is 56.4 Å². The molecule has 35 heavy (non-hydrogen) atoms. The van der Waals surface area contributed by atoms with Gasteiger partial charge in [-0.3, -0.25) is 14.6 Å². The van der Waals surface area contributed by atoms with Crippen LogP contribution < -0.4 is 5.32 Å². The Balaban J connectivity index is 1.09. The van der Waals surface area contributed by atoms with Gasteiger partial charge in [-0.25, -0.2) is 4.39 Å². The maximum absolute atomic E-state index is 13.5. The standard InChI is InChI=1S/C28H35FN4O2/c29-23-6-2-5-21(17-23)26-9-7-22(18-30-26)28(35)31-24-11-14-32(15-12-24)25-8-10-27(34)33(16-13-25)19-20-3-1-4-20/h2,5-7,9,17-18,20,24-25H,1,3-4,8,10-16,19H2,(H,31,35). The largest absolute Gasteiger partial charge is 0.349 e. The molecule has 1 aliphatic carbocycles. The van der Waals surface area contributed by atoms with Crippen LogP contribution in [0, 0.1) is 11.7 Å². The molecule has 3 heterocycles. The lowest BCUT2D eigenvalue weighted by Crippen LogP contribution is -2.48. The Morgan fingerprint density at radius 1 is 1.03 bits per heavy atom. The molecule has 1 unspecified atom stereocenters. The number of nitrogens with zero attached hydrogens (tertiary/aromatic N) is 3. The van der Waals surface area contributed by atoms with Crippen molar-refractivity contribution in [1.82, 2.24) is 20.1 Å². The Hall–Kier alpha value is -2.80. The van der Waals surface area contributed by atoms with E-state index >= 15 is 0 Å². The summed E-state index contributed by atoms with van der Waals surface area (Å²) in [7, 11) is 0. The molecule has 1 atom stereocenters. The predicted molar refractivity (Wildman–Crippen MR) is 133 cm³/mol. The molecular weight excluding hydrogens is 443 g/mol. The summed E-state index contributed by atoms with van der Waals surface area (Å²) >= 11 is 0. The zero-order chi connectivity index (χ0) is 24.2. The SMILES string of the molecule is O=C(NC1CCN(C2CCC(=O)N(CC3CCC3)CC2)CC1)c1ccc(-c2cccc(F)c2)nc1. The van der Waals surface area contributed by atoms with Crippen LogP contribution in [0.25, 0.3) is 11.3 Å². The molecule has 2 amide bonds. The number of piperidine rings is 1. The molecule has 0 radical (unpaired) electrons. The van der Waals surface area contributed by atoms with E-state index in [9.17, 15) is 14.0 Å². The minimum absolute atomic E-state index is 0.117. The van der Waals surface area contributed by atoms with Crippen LogP contribution in [0.2, 0.25) is 0 Å². The zero-order valence-corrected chi connectivity index (χ0v) is 20.3. The number of rotatable bonds is 6. The number of carbonyl (C=O) groups is 2. The van der Waals surface area contributed by atoms with Crippen LogP contribution in [0.3, 0.4) is 0 Å². The first kappa shape index (κ1) is 23.9. The molecule has 1 saturated carbocycles. The lowest BCUT2D eigenvalue weighted by molar-refractivity contribution is -0.131. The van der Waals surface area contributed by atoms with Crippen molar-refractivity contribution in [3.8, 4) is 11.3 Å². The third-order valence-electron chi connectivity index (χ3n) is 8.01. The molecule has 2 aromatic rings. The summed E-state index contributed by atoms with van der Waals surface area (Å²) in [4.78, 5) is 34.3. The van der Waals surface area contributed by atoms with Crippen LogP contribution in [0.5, 0.6) is 0 Å². The lowest BCUT2D eigenvalue weighted by Gasteiger charge is -2.37. The zero-order valence-electron chi connectivity index (χ0n) is 20.3. The highest BCUT2D eigenvalue weighted by molar-refractivity contribution is 5.94. The van der Waals surface area contributed by atoms with Crippen molar-refractivity contribution in [1.29, 1.82) is 0 Å². The molecule has 1 aromatic heterocycles. The van der Waals surface area contributed by atoms with Gasteiger partial charge in [-0.05, 0) is 68.7 Å². The molecule has 6 nitrogen and oxygen atoms in total. The van der Waals surface area contributed by atoms with E-state index in [1.807, 2.05) is 0 Å². The highest BCUT2D eigenvalue weighted by atomic mass is 19.1. The second-order valence-corrected chi connectivity index (χ2v) is 10.3. The van der Waals surface area contributed by atoms with Gasteiger partial charge in [-0.1, -0.05) is 18.6 Å². The molecule has 3 aliphatic rings. The number of hydrogen-bond donors (Lipinski definition) is 1. The molecule has 0 bridgehead atoms. The number of nitrogens with one attached hydrogen (secondary N) is 1. The fourth-order valence-electron chi connectivity index (χ4n) is 5.59. The Kier molecular flexibility index (Phi) is 7.42. The van der Waals surface area contributed by atoms with Gasteiger partial charge in [-0.15, -0.1) is 0 Å². The van der Waals surface area contributed by atoms with Crippen LogP contribution in [0.1, 0.15) is 61.7 Å². The summed E-state index contributed by atoms with van der Waals surface area (Å²) in [5.41, 5.74) is 1.85. The van der Waals surface area contributed by atoms with E-state index in [1.165, 1.54) is 31.4 Å². The van der Waals surface area contributed by atoms with Gasteiger partial charge < -0.3 is 15.1 Å². The summed E-state index contributed by atoms with van der Waals surface area (Å²) in [6, 6.07) is 10.4. The van der Waals surface area contributed by atoms with E-state index in [2.05, 4.69) is 20.1 Å². The Morgan fingerprint density at radius 2 is 1.86 bits per heavy atom. The van der Waals surface area contributed by atoms with Crippen molar-refractivity contribution in [2.75, 3.05) is 26.2 Å². The summed E-state index contributed by atoms with van der Waals surface area (Å²) in [6.07, 6.45) is 9.92. The molecule has 0 spiro atoms. The van der Waals surface area contributed by atoms with Crippen LogP contribution in [0.15, 0.2) is 42.6 Å². The molecule has 3 fully saturated rings. The smallest absolute Gasteiger partial charge is 0.253 e. The van der Waals surface area contributed by atoms with Gasteiger partial charge in [0.1, 0.15) is 5.82 Å². The van der Waals surface area contributed by atoms with Crippen molar-refractivity contribution in [3.05, 3.63) is 54.0 Å². The molecule has 1 N–H and O–H groups in total. The number of amides is 2. The molecule has 2 saturated heterocycles. The van der Waals surface area contributed by atoms with Crippen molar-refractivity contribution >= 4 is 11.8 Å². The topological polar surface area (TPSA) is 65.5 Å². The first-order valence-electron chi connectivity index (χ1n) is 13.1. The summed E-state index contributed by atoms with van der Waals surface area (Å²) in [6.45, 7) is 3.74. The van der Waals surface area contributed by atoms with Gasteiger partial charge in [0.15, 0.2) is 0 Å². The average molecular weight is 479 g/mol. The molecule has 7 heteroatoms. The second kappa shape index (κ2) is 10.9. The van der Waals surface area contributed by atoms with Gasteiger partial charge in [0.25, 0.3) is 5.91 Å². The fourth-order valence-corrected chi connectivity index (χ4v) is 5.59. The third kappa shape index (κ3) is 5.89. The number of benzene rings is 1. The highest BCUT2D eigenvalue weighted by Crippen LogP contribution is 2.29. The lowest BCUT2D eigenvalue weighted by atomic mass is 9.85. The maximum atomic E-state index is 13.5. The van der Waals surface area contributed by atoms with Crippen LogP contribution in [-0.4, -0.2) is 64.9 Å². The summed E-state index contributed by atoms with van der Waals surface area (Å²) in [5, 5.41) is 3.16. The first-order valence-corrected chi connectivity index (χ1v) is 13.1. The number of likely N-dealkylation sites (tertiary alicyclic amines) is 2. The minimum Gasteiger partial charge on any atom is -0.349 e. The van der Waals surface area contributed by atoms with E-state index in [-0.39, 0.29) is 17.8 Å². The molecule has 5 rings (SSSR count). The number of aromatic nitrogens is 1. The molecule has 1 aromatic carbocycles. The average Bonchev–Trinajstić information content (AvgIpc) is 3.03. The quantitative estimate of drug-likeness (QED) is 0.674. The van der Waals surface area contributed by atoms with Crippen LogP contribution in [-0.2, 0) is 4.79 Å². The van der Waals surface area contributed by atoms with E-state index in [4.69, 9.17) is 0 Å². The van der Waals surface area contributed by atoms with E-state index in [0.29, 0.717) is 35.2 Å². The Morgan fingerprint density at radius 3 is 2.54 bits per heavy atom. The van der Waals surface area contributed by atoms with Gasteiger partial charge >= 0.3 is 0 Å². The Labute approximate surface area is 206 Å². The number of halogens is 1. The van der Waals surface area contributed by atoms with E-state index < -0.39 is 0 Å². The maximum Gasteiger partial charge on any atom is 0.253 e. The van der Waals surface area contributed by atoms with Crippen molar-refractivity contribution in [3.63, 3.8) is 0 Å². The van der Waals surface area contributed by atoms with Crippen molar-refractivity contribution in [2.45, 2.75) is 63.5 Å². The minimum atomic E-state index is -0.307. The second-order valence-electron chi connectivity index (χ2n) is 10.3. The molecule has 2 aliphatic heterocycles. The normalized spacial score (nSPS) is 22.5. The number of pyridine rings is 1. The highest BCUT2D eigenvalue weighted by Gasteiger charge is 2.31. The monoisotopic (exact) mass is 478 g/mol. The molecule has 186 valence electrons. The van der Waals surface area contributed by atoms with Crippen molar-refractivity contribution in [2.24, 2.45) is 5.92 Å². The predicted octanol–water partition coefficient (Wildman–Crippen LogP) is 4.26. The van der Waals surface area contributed by atoms with Crippen LogP contribution in [0.4, 0.5) is 4.39 Å². The third-order valence-corrected chi connectivity index (χ3v) is 8.01. The summed E-state index contributed by atoms with van der Waals surface area (Å²) in [5.74, 6) is 0.633. The first-order chi connectivity index (χ1) is 17.0. The Bertz CT molecular complexity index is 1030. The van der Waals surface area contributed by atoms with Gasteiger partial charge in [0.2, 0.25) is 5.91 Å². The summed E-state index contributed by atoms with van der Waals surface area (Å²) < 4.78 is 13.5. The molecular formula is C28H35FN4O2. The van der Waals surface area contributed by atoms with Crippen LogP contribution >= 0.6 is 0 Å². The van der Waals surface area contributed by atoms with Crippen molar-refractivity contribution < 1.29 is 14.0 Å². The van der Waals surface area contributed by atoms with Gasteiger partial charge in [0.05, 0.1) is 11.3 Å². The van der Waals surface area contributed by atoms with E-state index in [1.54, 1.807) is 30.5 Å². The van der Waals surface area contributed by atoms with E-state index in [0.717, 1.165) is 57.8 Å². The fraction of sp³-hybridized carbons (Fsp3) is 0.536. The number of hydrogen-bond acceptors (Lipinski definition) is 4.